The average molecular weight is 443 g/mol. The van der Waals surface area contributed by atoms with Gasteiger partial charge in [0.2, 0.25) is 22.1 Å². The first-order valence-corrected chi connectivity index (χ1v) is 11.5. The molecule has 2 atom stereocenters. The summed E-state index contributed by atoms with van der Waals surface area (Å²) in [5, 5.41) is 25.2. The van der Waals surface area contributed by atoms with Crippen LogP contribution < -0.4 is 10.6 Å². The number of carbonyl (C=O) groups excluding carboxylic acids is 2. The van der Waals surface area contributed by atoms with E-state index >= 15 is 0 Å². The maximum Gasteiger partial charge on any atom is 0.230 e. The topological polar surface area (TPSA) is 110 Å². The van der Waals surface area contributed by atoms with E-state index in [9.17, 15) is 9.59 Å². The summed E-state index contributed by atoms with van der Waals surface area (Å²) in [6.45, 7) is 1.46. The normalized spacial score (nSPS) is 18.3. The van der Waals surface area contributed by atoms with Crippen molar-refractivity contribution in [1.82, 2.24) is 20.4 Å². The van der Waals surface area contributed by atoms with Crippen molar-refractivity contribution in [3.05, 3.63) is 45.9 Å². The maximum atomic E-state index is 12.2. The Balaban J connectivity index is 1.28. The third-order valence-corrected chi connectivity index (χ3v) is 6.86. The van der Waals surface area contributed by atoms with Crippen LogP contribution in [0.3, 0.4) is 0 Å². The molecule has 2 aromatic heterocycles. The molecular formula is C20H22N6O2S2. The highest BCUT2D eigenvalue weighted by molar-refractivity contribution is 7.15. The van der Waals surface area contributed by atoms with Gasteiger partial charge in [-0.15, -0.1) is 20.4 Å². The second-order valence-electron chi connectivity index (χ2n) is 7.42. The SMILES string of the molecule is CC(=O)Nc1nnc(CC2CCC(c3nnc(NC(=O)Cc4ccccc4)s3)C2)s1. The molecule has 8 nitrogen and oxygen atoms in total. The third-order valence-electron chi connectivity index (χ3n) is 5.00. The molecule has 2 unspecified atom stereocenters. The lowest BCUT2D eigenvalue weighted by Gasteiger charge is -2.06. The molecular weight excluding hydrogens is 420 g/mol. The molecule has 0 saturated heterocycles. The second kappa shape index (κ2) is 9.40. The van der Waals surface area contributed by atoms with Gasteiger partial charge in [-0.3, -0.25) is 9.59 Å². The van der Waals surface area contributed by atoms with Crippen molar-refractivity contribution in [2.75, 3.05) is 10.6 Å². The minimum Gasteiger partial charge on any atom is -0.301 e. The fraction of sp³-hybridized carbons (Fsp3) is 0.400. The number of nitrogens with zero attached hydrogens (tertiary/aromatic N) is 4. The molecule has 1 fully saturated rings. The largest absolute Gasteiger partial charge is 0.301 e. The van der Waals surface area contributed by atoms with E-state index in [0.717, 1.165) is 41.3 Å². The summed E-state index contributed by atoms with van der Waals surface area (Å²) in [5.74, 6) is 0.643. The Kier molecular flexibility index (Phi) is 6.44. The summed E-state index contributed by atoms with van der Waals surface area (Å²) in [6.07, 6.45) is 4.34. The molecule has 1 saturated carbocycles. The number of aromatic nitrogens is 4. The van der Waals surface area contributed by atoms with Crippen LogP contribution in [0.15, 0.2) is 30.3 Å². The molecule has 1 aliphatic carbocycles. The molecule has 2 amide bonds. The van der Waals surface area contributed by atoms with Crippen LogP contribution >= 0.6 is 22.7 Å². The number of benzene rings is 1. The third kappa shape index (κ3) is 5.45. The Bertz CT molecular complexity index is 1020. The minimum absolute atomic E-state index is 0.0838. The monoisotopic (exact) mass is 442 g/mol. The Hall–Kier alpha value is -2.72. The molecule has 0 radical (unpaired) electrons. The van der Waals surface area contributed by atoms with Gasteiger partial charge in [-0.05, 0) is 30.7 Å². The van der Waals surface area contributed by atoms with E-state index in [1.54, 1.807) is 0 Å². The van der Waals surface area contributed by atoms with Gasteiger partial charge < -0.3 is 10.6 Å². The summed E-state index contributed by atoms with van der Waals surface area (Å²) in [6, 6.07) is 9.64. The fourth-order valence-electron chi connectivity index (χ4n) is 3.66. The van der Waals surface area contributed by atoms with Gasteiger partial charge in [0.05, 0.1) is 6.42 Å². The number of carbonyl (C=O) groups is 2. The van der Waals surface area contributed by atoms with Gasteiger partial charge in [0.15, 0.2) is 0 Å². The number of anilines is 2. The van der Waals surface area contributed by atoms with Crippen molar-refractivity contribution in [1.29, 1.82) is 0 Å². The van der Waals surface area contributed by atoms with Crippen LogP contribution in [0.25, 0.3) is 0 Å². The Morgan fingerprint density at radius 2 is 1.77 bits per heavy atom. The van der Waals surface area contributed by atoms with Gasteiger partial charge in [-0.1, -0.05) is 53.0 Å². The van der Waals surface area contributed by atoms with Gasteiger partial charge in [0.1, 0.15) is 10.0 Å². The van der Waals surface area contributed by atoms with E-state index in [1.165, 1.54) is 29.6 Å². The predicted molar refractivity (Wildman–Crippen MR) is 117 cm³/mol. The van der Waals surface area contributed by atoms with E-state index in [0.29, 0.717) is 28.5 Å². The highest BCUT2D eigenvalue weighted by Crippen LogP contribution is 2.41. The lowest BCUT2D eigenvalue weighted by molar-refractivity contribution is -0.116. The van der Waals surface area contributed by atoms with Crippen molar-refractivity contribution in [2.24, 2.45) is 5.92 Å². The zero-order chi connectivity index (χ0) is 20.9. The van der Waals surface area contributed by atoms with E-state index in [4.69, 9.17) is 0 Å². The molecule has 2 N–H and O–H groups in total. The van der Waals surface area contributed by atoms with Crippen LogP contribution in [0.5, 0.6) is 0 Å². The molecule has 0 aliphatic heterocycles. The van der Waals surface area contributed by atoms with Gasteiger partial charge in [-0.25, -0.2) is 0 Å². The fourth-order valence-corrected chi connectivity index (χ4v) is 5.47. The van der Waals surface area contributed by atoms with Gasteiger partial charge in [0, 0.05) is 19.3 Å². The summed E-state index contributed by atoms with van der Waals surface area (Å²) in [5.41, 5.74) is 0.969. The van der Waals surface area contributed by atoms with Crippen molar-refractivity contribution >= 4 is 44.8 Å². The Morgan fingerprint density at radius 3 is 2.57 bits per heavy atom. The van der Waals surface area contributed by atoms with Crippen molar-refractivity contribution < 1.29 is 9.59 Å². The van der Waals surface area contributed by atoms with Crippen LogP contribution in [0.4, 0.5) is 10.3 Å². The molecule has 2 heterocycles. The van der Waals surface area contributed by atoms with E-state index in [1.807, 2.05) is 30.3 Å². The van der Waals surface area contributed by atoms with Crippen LogP contribution in [0.2, 0.25) is 0 Å². The summed E-state index contributed by atoms with van der Waals surface area (Å²) in [4.78, 5) is 23.3. The smallest absolute Gasteiger partial charge is 0.230 e. The summed E-state index contributed by atoms with van der Waals surface area (Å²) < 4.78 is 0. The number of hydrogen-bond acceptors (Lipinski definition) is 8. The van der Waals surface area contributed by atoms with Crippen molar-refractivity contribution in [3.8, 4) is 0 Å². The van der Waals surface area contributed by atoms with E-state index < -0.39 is 0 Å². The van der Waals surface area contributed by atoms with E-state index in [-0.39, 0.29) is 11.8 Å². The van der Waals surface area contributed by atoms with Crippen LogP contribution in [0.1, 0.15) is 47.7 Å². The van der Waals surface area contributed by atoms with E-state index in [2.05, 4.69) is 31.0 Å². The standard InChI is InChI=1S/C20H22N6O2S2/c1-12(27)21-19-25-23-17(29-19)11-14-7-8-15(9-14)18-24-26-20(30-18)22-16(28)10-13-5-3-2-4-6-13/h2-6,14-15H,7-11H2,1H3,(H,21,25,27)(H,22,26,28). The first-order valence-electron chi connectivity index (χ1n) is 9.82. The second-order valence-corrected chi connectivity index (χ2v) is 9.49. The first kappa shape index (κ1) is 20.5. The number of hydrogen-bond donors (Lipinski definition) is 2. The molecule has 0 bridgehead atoms. The number of amides is 2. The van der Waals surface area contributed by atoms with Crippen molar-refractivity contribution in [2.45, 2.75) is 44.9 Å². The van der Waals surface area contributed by atoms with Crippen LogP contribution in [-0.2, 0) is 22.4 Å². The number of rotatable bonds is 7. The molecule has 1 aliphatic rings. The zero-order valence-electron chi connectivity index (χ0n) is 16.5. The summed E-state index contributed by atoms with van der Waals surface area (Å²) in [7, 11) is 0. The van der Waals surface area contributed by atoms with Crippen molar-refractivity contribution in [3.63, 3.8) is 0 Å². The average Bonchev–Trinajstić information content (AvgIpc) is 3.44. The zero-order valence-corrected chi connectivity index (χ0v) is 18.1. The minimum atomic E-state index is -0.137. The number of nitrogens with one attached hydrogen (secondary N) is 2. The predicted octanol–water partition coefficient (Wildman–Crippen LogP) is 3.66. The highest BCUT2D eigenvalue weighted by atomic mass is 32.1. The lowest BCUT2D eigenvalue weighted by Crippen LogP contribution is -2.14. The molecule has 30 heavy (non-hydrogen) atoms. The van der Waals surface area contributed by atoms with Gasteiger partial charge in [-0.2, -0.15) is 0 Å². The van der Waals surface area contributed by atoms with Crippen LogP contribution in [-0.4, -0.2) is 32.2 Å². The van der Waals surface area contributed by atoms with Gasteiger partial charge in [0.25, 0.3) is 0 Å². The lowest BCUT2D eigenvalue weighted by atomic mass is 10.0. The Labute approximate surface area is 182 Å². The maximum absolute atomic E-state index is 12.2. The van der Waals surface area contributed by atoms with Gasteiger partial charge >= 0.3 is 0 Å². The highest BCUT2D eigenvalue weighted by Gasteiger charge is 2.29. The first-order chi connectivity index (χ1) is 14.5. The molecule has 10 heteroatoms. The molecule has 3 aromatic rings. The summed E-state index contributed by atoms with van der Waals surface area (Å²) >= 11 is 2.89. The molecule has 0 spiro atoms. The quantitative estimate of drug-likeness (QED) is 0.578. The molecule has 156 valence electrons. The van der Waals surface area contributed by atoms with Crippen LogP contribution in [0, 0.1) is 5.92 Å². The Morgan fingerprint density at radius 1 is 1.00 bits per heavy atom. The molecule has 1 aromatic carbocycles. The molecule has 4 rings (SSSR count).